The lowest BCUT2D eigenvalue weighted by molar-refractivity contribution is 0.0335. The van der Waals surface area contributed by atoms with Gasteiger partial charge in [-0.3, -0.25) is 9.78 Å². The molecule has 1 aliphatic heterocycles. The van der Waals surface area contributed by atoms with Crippen LogP contribution >= 0.6 is 0 Å². The number of nitrogens with zero attached hydrogens (tertiary/aromatic N) is 4. The summed E-state index contributed by atoms with van der Waals surface area (Å²) in [6.45, 7) is 3.68. The van der Waals surface area contributed by atoms with Crippen LogP contribution in [0.5, 0.6) is 0 Å². The Morgan fingerprint density at radius 1 is 1.45 bits per heavy atom. The average molecular weight is 273 g/mol. The SMILES string of the molecule is Cc1cc(=O)[nH]c(C2CN(c3cnccn3)CCO2)n1. The molecular weight excluding hydrogens is 258 g/mol. The molecule has 1 unspecified atom stereocenters. The second-order valence-electron chi connectivity index (χ2n) is 4.64. The molecule has 104 valence electrons. The third-order valence-corrected chi connectivity index (χ3v) is 3.13. The zero-order valence-corrected chi connectivity index (χ0v) is 11.1. The summed E-state index contributed by atoms with van der Waals surface area (Å²) in [6.07, 6.45) is 4.75. The van der Waals surface area contributed by atoms with Crippen LogP contribution in [0.15, 0.2) is 29.5 Å². The van der Waals surface area contributed by atoms with Crippen molar-refractivity contribution in [3.63, 3.8) is 0 Å². The Hall–Kier alpha value is -2.28. The second kappa shape index (κ2) is 5.38. The van der Waals surface area contributed by atoms with Crippen LogP contribution < -0.4 is 10.5 Å². The van der Waals surface area contributed by atoms with E-state index in [2.05, 4.69) is 24.8 Å². The molecule has 0 aromatic carbocycles. The van der Waals surface area contributed by atoms with E-state index in [4.69, 9.17) is 4.74 Å². The molecule has 1 saturated heterocycles. The highest BCUT2D eigenvalue weighted by Crippen LogP contribution is 2.21. The summed E-state index contributed by atoms with van der Waals surface area (Å²) in [6, 6.07) is 1.47. The van der Waals surface area contributed by atoms with Gasteiger partial charge < -0.3 is 14.6 Å². The molecule has 2 aromatic rings. The van der Waals surface area contributed by atoms with Crippen LogP contribution in [0.25, 0.3) is 0 Å². The van der Waals surface area contributed by atoms with Gasteiger partial charge in [-0.2, -0.15) is 0 Å². The van der Waals surface area contributed by atoms with Crippen LogP contribution in [0.3, 0.4) is 0 Å². The molecule has 1 atom stereocenters. The van der Waals surface area contributed by atoms with Crippen LogP contribution in [-0.4, -0.2) is 39.6 Å². The molecule has 7 heteroatoms. The van der Waals surface area contributed by atoms with Gasteiger partial charge in [0.05, 0.1) is 19.3 Å². The van der Waals surface area contributed by atoms with Gasteiger partial charge in [0.15, 0.2) is 0 Å². The predicted molar refractivity (Wildman–Crippen MR) is 72.5 cm³/mol. The Labute approximate surface area is 115 Å². The summed E-state index contributed by atoms with van der Waals surface area (Å²) >= 11 is 0. The number of rotatable bonds is 2. The van der Waals surface area contributed by atoms with Gasteiger partial charge in [0.2, 0.25) is 0 Å². The van der Waals surface area contributed by atoms with E-state index in [0.29, 0.717) is 24.7 Å². The molecule has 20 heavy (non-hydrogen) atoms. The molecule has 2 aromatic heterocycles. The Kier molecular flexibility index (Phi) is 3.42. The van der Waals surface area contributed by atoms with Gasteiger partial charge in [-0.25, -0.2) is 9.97 Å². The first-order valence-electron chi connectivity index (χ1n) is 6.43. The Morgan fingerprint density at radius 3 is 3.10 bits per heavy atom. The molecule has 1 aliphatic rings. The van der Waals surface area contributed by atoms with E-state index in [9.17, 15) is 4.79 Å². The molecule has 3 heterocycles. The number of anilines is 1. The van der Waals surface area contributed by atoms with E-state index in [1.54, 1.807) is 25.5 Å². The first-order valence-corrected chi connectivity index (χ1v) is 6.43. The highest BCUT2D eigenvalue weighted by molar-refractivity contribution is 5.36. The van der Waals surface area contributed by atoms with Crippen LogP contribution in [0.2, 0.25) is 0 Å². The van der Waals surface area contributed by atoms with E-state index in [1.165, 1.54) is 6.07 Å². The zero-order chi connectivity index (χ0) is 13.9. The van der Waals surface area contributed by atoms with Crippen molar-refractivity contribution in [3.8, 4) is 0 Å². The van der Waals surface area contributed by atoms with E-state index in [0.717, 1.165) is 12.4 Å². The van der Waals surface area contributed by atoms with Crippen molar-refractivity contribution in [2.24, 2.45) is 0 Å². The number of nitrogens with one attached hydrogen (secondary N) is 1. The minimum Gasteiger partial charge on any atom is -0.367 e. The molecule has 1 fully saturated rings. The summed E-state index contributed by atoms with van der Waals surface area (Å²) in [4.78, 5) is 29.0. The Balaban J connectivity index is 1.83. The average Bonchev–Trinajstić information content (AvgIpc) is 2.47. The van der Waals surface area contributed by atoms with Crippen LogP contribution in [0.1, 0.15) is 17.6 Å². The highest BCUT2D eigenvalue weighted by atomic mass is 16.5. The summed E-state index contributed by atoms with van der Waals surface area (Å²) in [5.41, 5.74) is 0.525. The second-order valence-corrected chi connectivity index (χ2v) is 4.64. The third-order valence-electron chi connectivity index (χ3n) is 3.13. The van der Waals surface area contributed by atoms with Gasteiger partial charge in [0.25, 0.3) is 5.56 Å². The number of aromatic nitrogens is 4. The lowest BCUT2D eigenvalue weighted by Gasteiger charge is -2.32. The van der Waals surface area contributed by atoms with Crippen molar-refractivity contribution in [3.05, 3.63) is 46.5 Å². The molecule has 0 saturated carbocycles. The quantitative estimate of drug-likeness (QED) is 0.855. The van der Waals surface area contributed by atoms with E-state index < -0.39 is 0 Å². The smallest absolute Gasteiger partial charge is 0.251 e. The monoisotopic (exact) mass is 273 g/mol. The van der Waals surface area contributed by atoms with Crippen LogP contribution in [0, 0.1) is 6.92 Å². The minimum atomic E-state index is -0.265. The summed E-state index contributed by atoms with van der Waals surface area (Å²) in [5.74, 6) is 1.36. The predicted octanol–water partition coefficient (Wildman–Crippen LogP) is 0.446. The molecule has 0 spiro atoms. The normalized spacial score (nSPS) is 19.1. The van der Waals surface area contributed by atoms with Crippen LogP contribution in [-0.2, 0) is 4.74 Å². The van der Waals surface area contributed by atoms with Crippen molar-refractivity contribution in [2.75, 3.05) is 24.6 Å². The fraction of sp³-hybridized carbons (Fsp3) is 0.385. The van der Waals surface area contributed by atoms with Gasteiger partial charge in [0.1, 0.15) is 17.7 Å². The van der Waals surface area contributed by atoms with Crippen LogP contribution in [0.4, 0.5) is 5.82 Å². The van der Waals surface area contributed by atoms with Gasteiger partial charge in [-0.05, 0) is 6.92 Å². The molecule has 0 amide bonds. The summed E-state index contributed by atoms with van der Waals surface area (Å²) < 4.78 is 5.70. The maximum atomic E-state index is 11.5. The number of hydrogen-bond donors (Lipinski definition) is 1. The van der Waals surface area contributed by atoms with Crippen molar-refractivity contribution in [1.82, 2.24) is 19.9 Å². The van der Waals surface area contributed by atoms with Gasteiger partial charge in [0, 0.05) is 30.7 Å². The van der Waals surface area contributed by atoms with Gasteiger partial charge >= 0.3 is 0 Å². The third kappa shape index (κ3) is 2.67. The number of aromatic amines is 1. The number of ether oxygens (including phenoxy) is 1. The Morgan fingerprint density at radius 2 is 2.35 bits per heavy atom. The fourth-order valence-electron chi connectivity index (χ4n) is 2.23. The Bertz CT molecular complexity index is 643. The number of H-pyrrole nitrogens is 1. The number of morpholine rings is 1. The first kappa shape index (κ1) is 12.7. The summed E-state index contributed by atoms with van der Waals surface area (Å²) in [7, 11) is 0. The molecule has 7 nitrogen and oxygen atoms in total. The lowest BCUT2D eigenvalue weighted by atomic mass is 10.2. The van der Waals surface area contributed by atoms with E-state index in [-0.39, 0.29) is 11.7 Å². The standard InChI is InChI=1S/C13H15N5O2/c1-9-6-12(19)17-13(16-9)10-8-18(4-5-20-10)11-7-14-2-3-15-11/h2-3,6-7,10H,4-5,8H2,1H3,(H,16,17,19). The van der Waals surface area contributed by atoms with Crippen molar-refractivity contribution in [1.29, 1.82) is 0 Å². The molecule has 0 radical (unpaired) electrons. The zero-order valence-electron chi connectivity index (χ0n) is 11.1. The number of hydrogen-bond acceptors (Lipinski definition) is 6. The number of aryl methyl sites for hydroxylation is 1. The van der Waals surface area contributed by atoms with Gasteiger partial charge in [-0.1, -0.05) is 0 Å². The summed E-state index contributed by atoms with van der Waals surface area (Å²) in [5, 5.41) is 0. The van der Waals surface area contributed by atoms with Gasteiger partial charge in [-0.15, -0.1) is 0 Å². The van der Waals surface area contributed by atoms with Crippen molar-refractivity contribution in [2.45, 2.75) is 13.0 Å². The largest absolute Gasteiger partial charge is 0.367 e. The maximum absolute atomic E-state index is 11.5. The minimum absolute atomic E-state index is 0.160. The van der Waals surface area contributed by atoms with E-state index in [1.807, 2.05) is 0 Å². The molecular formula is C13H15N5O2. The first-order chi connectivity index (χ1) is 9.72. The topological polar surface area (TPSA) is 84.0 Å². The maximum Gasteiger partial charge on any atom is 0.251 e. The highest BCUT2D eigenvalue weighted by Gasteiger charge is 2.24. The van der Waals surface area contributed by atoms with E-state index >= 15 is 0 Å². The molecule has 0 aliphatic carbocycles. The molecule has 1 N–H and O–H groups in total. The fourth-order valence-corrected chi connectivity index (χ4v) is 2.23. The molecule has 3 rings (SSSR count). The van der Waals surface area contributed by atoms with Crippen molar-refractivity contribution < 1.29 is 4.74 Å². The molecule has 0 bridgehead atoms. The lowest BCUT2D eigenvalue weighted by Crippen LogP contribution is -2.40. The van der Waals surface area contributed by atoms with Crippen molar-refractivity contribution >= 4 is 5.82 Å².